The molecule has 3 rings (SSSR count). The van der Waals surface area contributed by atoms with Crippen molar-refractivity contribution in [1.29, 1.82) is 0 Å². The lowest BCUT2D eigenvalue weighted by Gasteiger charge is -2.14. The fourth-order valence-corrected chi connectivity index (χ4v) is 3.40. The van der Waals surface area contributed by atoms with Crippen LogP contribution in [0.3, 0.4) is 0 Å². The van der Waals surface area contributed by atoms with Gasteiger partial charge in [0.1, 0.15) is 12.4 Å². The average Bonchev–Trinajstić information content (AvgIpc) is 2.78. The van der Waals surface area contributed by atoms with Crippen molar-refractivity contribution in [3.8, 4) is 17.2 Å². The molecule has 0 spiro atoms. The Kier molecular flexibility index (Phi) is 7.98. The van der Waals surface area contributed by atoms with Gasteiger partial charge in [0, 0.05) is 10.6 Å². The topological polar surface area (TPSA) is 69.2 Å². The van der Waals surface area contributed by atoms with Crippen LogP contribution in [0.25, 0.3) is 0 Å². The molecule has 32 heavy (non-hydrogen) atoms. The predicted octanol–water partition coefficient (Wildman–Crippen LogP) is 5.66. The van der Waals surface area contributed by atoms with Gasteiger partial charge in [-0.25, -0.2) is 5.43 Å². The number of carbonyl (C=O) groups excluding carboxylic acids is 1. The fourth-order valence-electron chi connectivity index (χ4n) is 2.93. The SMILES string of the molecule is COc1cc(C)ccc1C(=O)NN=Cc1cc(Cl)c(OCc2ccccc2Cl)c(OC)c1. The molecule has 0 radical (unpaired) electrons. The van der Waals surface area contributed by atoms with Gasteiger partial charge in [-0.2, -0.15) is 5.10 Å². The number of hydrazone groups is 1. The maximum Gasteiger partial charge on any atom is 0.275 e. The molecule has 0 fully saturated rings. The number of rotatable bonds is 8. The van der Waals surface area contributed by atoms with Gasteiger partial charge in [0.2, 0.25) is 0 Å². The van der Waals surface area contributed by atoms with Gasteiger partial charge in [-0.1, -0.05) is 47.5 Å². The number of ether oxygens (including phenoxy) is 3. The third-order valence-corrected chi connectivity index (χ3v) is 5.21. The molecule has 1 N–H and O–H groups in total. The van der Waals surface area contributed by atoms with Crippen molar-refractivity contribution in [2.24, 2.45) is 5.10 Å². The summed E-state index contributed by atoms with van der Waals surface area (Å²) in [5.41, 5.74) is 5.30. The molecule has 0 saturated heterocycles. The number of amides is 1. The second kappa shape index (κ2) is 10.9. The second-order valence-corrected chi connectivity index (χ2v) is 7.63. The summed E-state index contributed by atoms with van der Waals surface area (Å²) in [5, 5.41) is 4.96. The van der Waals surface area contributed by atoms with Crippen LogP contribution in [0.15, 0.2) is 59.7 Å². The van der Waals surface area contributed by atoms with Crippen LogP contribution in [0.4, 0.5) is 0 Å². The van der Waals surface area contributed by atoms with E-state index in [1.807, 2.05) is 31.2 Å². The summed E-state index contributed by atoms with van der Waals surface area (Å²) in [7, 11) is 3.03. The molecule has 0 saturated carbocycles. The smallest absolute Gasteiger partial charge is 0.275 e. The van der Waals surface area contributed by atoms with E-state index in [1.54, 1.807) is 30.3 Å². The Morgan fingerprint density at radius 1 is 1.00 bits per heavy atom. The number of hydrogen-bond donors (Lipinski definition) is 1. The molecule has 0 aliphatic rings. The maximum atomic E-state index is 12.4. The van der Waals surface area contributed by atoms with Crippen molar-refractivity contribution in [3.63, 3.8) is 0 Å². The highest BCUT2D eigenvalue weighted by atomic mass is 35.5. The quantitative estimate of drug-likeness (QED) is 0.339. The number of methoxy groups -OCH3 is 2. The zero-order valence-electron chi connectivity index (χ0n) is 17.8. The molecule has 1 amide bonds. The summed E-state index contributed by atoms with van der Waals surface area (Å²) < 4.78 is 16.5. The van der Waals surface area contributed by atoms with E-state index in [2.05, 4.69) is 10.5 Å². The van der Waals surface area contributed by atoms with Gasteiger partial charge in [-0.05, 0) is 48.4 Å². The number of aryl methyl sites for hydroxylation is 1. The van der Waals surface area contributed by atoms with Gasteiger partial charge < -0.3 is 14.2 Å². The van der Waals surface area contributed by atoms with Crippen molar-refractivity contribution in [3.05, 3.63) is 86.9 Å². The minimum atomic E-state index is -0.393. The highest BCUT2D eigenvalue weighted by molar-refractivity contribution is 6.32. The van der Waals surface area contributed by atoms with Gasteiger partial charge in [-0.3, -0.25) is 4.79 Å². The highest BCUT2D eigenvalue weighted by Crippen LogP contribution is 2.37. The van der Waals surface area contributed by atoms with Crippen LogP contribution in [-0.2, 0) is 6.61 Å². The Labute approximate surface area is 196 Å². The molecule has 0 aliphatic carbocycles. The zero-order valence-corrected chi connectivity index (χ0v) is 19.3. The molecule has 8 heteroatoms. The predicted molar refractivity (Wildman–Crippen MR) is 127 cm³/mol. The summed E-state index contributed by atoms with van der Waals surface area (Å²) in [6, 6.07) is 16.0. The van der Waals surface area contributed by atoms with Crippen molar-refractivity contribution in [2.45, 2.75) is 13.5 Å². The van der Waals surface area contributed by atoms with Crippen LogP contribution in [0.2, 0.25) is 10.0 Å². The van der Waals surface area contributed by atoms with Gasteiger partial charge >= 0.3 is 0 Å². The first-order chi connectivity index (χ1) is 15.4. The van der Waals surface area contributed by atoms with Gasteiger partial charge in [-0.15, -0.1) is 0 Å². The number of halogens is 2. The number of carbonyl (C=O) groups is 1. The van der Waals surface area contributed by atoms with Gasteiger partial charge in [0.25, 0.3) is 5.91 Å². The van der Waals surface area contributed by atoms with Crippen LogP contribution >= 0.6 is 23.2 Å². The molecular formula is C24H22Cl2N2O4. The first-order valence-corrected chi connectivity index (χ1v) is 10.4. The number of nitrogens with one attached hydrogen (secondary N) is 1. The zero-order chi connectivity index (χ0) is 23.1. The highest BCUT2D eigenvalue weighted by Gasteiger charge is 2.14. The summed E-state index contributed by atoms with van der Waals surface area (Å²) in [4.78, 5) is 12.4. The van der Waals surface area contributed by atoms with Crippen LogP contribution in [-0.4, -0.2) is 26.3 Å². The van der Waals surface area contributed by atoms with Crippen molar-refractivity contribution >= 4 is 35.3 Å². The third kappa shape index (κ3) is 5.72. The van der Waals surface area contributed by atoms with E-state index in [9.17, 15) is 4.79 Å². The molecule has 0 aliphatic heterocycles. The Morgan fingerprint density at radius 2 is 1.75 bits per heavy atom. The number of hydrogen-bond acceptors (Lipinski definition) is 5. The summed E-state index contributed by atoms with van der Waals surface area (Å²) >= 11 is 12.6. The molecule has 3 aromatic carbocycles. The Morgan fingerprint density at radius 3 is 2.47 bits per heavy atom. The maximum absolute atomic E-state index is 12.4. The molecule has 0 atom stereocenters. The largest absolute Gasteiger partial charge is 0.496 e. The fraction of sp³-hybridized carbons (Fsp3) is 0.167. The van der Waals surface area contributed by atoms with Crippen molar-refractivity contribution in [2.75, 3.05) is 14.2 Å². The molecule has 166 valence electrons. The van der Waals surface area contributed by atoms with E-state index >= 15 is 0 Å². The Balaban J connectivity index is 1.72. The summed E-state index contributed by atoms with van der Waals surface area (Å²) in [6.45, 7) is 2.15. The van der Waals surface area contributed by atoms with Gasteiger partial charge in [0.15, 0.2) is 11.5 Å². The van der Waals surface area contributed by atoms with Crippen LogP contribution in [0.1, 0.15) is 27.0 Å². The molecule has 0 unspecified atom stereocenters. The first-order valence-electron chi connectivity index (χ1n) is 9.64. The van der Waals surface area contributed by atoms with E-state index in [4.69, 9.17) is 37.4 Å². The molecular weight excluding hydrogens is 451 g/mol. The van der Waals surface area contributed by atoms with Gasteiger partial charge in [0.05, 0.1) is 31.0 Å². The first kappa shape index (κ1) is 23.4. The molecule has 0 bridgehead atoms. The molecule has 6 nitrogen and oxygen atoms in total. The Hall–Kier alpha value is -3.22. The molecule has 0 aromatic heterocycles. The molecule has 3 aromatic rings. The summed E-state index contributed by atoms with van der Waals surface area (Å²) in [5.74, 6) is 0.899. The lowest BCUT2D eigenvalue weighted by molar-refractivity contribution is 0.0952. The lowest BCUT2D eigenvalue weighted by atomic mass is 10.1. The van der Waals surface area contributed by atoms with E-state index in [0.717, 1.165) is 11.1 Å². The minimum Gasteiger partial charge on any atom is -0.496 e. The van der Waals surface area contributed by atoms with Crippen LogP contribution in [0.5, 0.6) is 17.2 Å². The number of nitrogens with zero attached hydrogens (tertiary/aromatic N) is 1. The Bertz CT molecular complexity index is 1150. The minimum absolute atomic E-state index is 0.234. The van der Waals surface area contributed by atoms with E-state index < -0.39 is 5.91 Å². The van der Waals surface area contributed by atoms with Crippen LogP contribution < -0.4 is 19.6 Å². The number of benzene rings is 3. The summed E-state index contributed by atoms with van der Waals surface area (Å²) in [6.07, 6.45) is 1.46. The monoisotopic (exact) mass is 472 g/mol. The van der Waals surface area contributed by atoms with E-state index in [0.29, 0.717) is 38.4 Å². The van der Waals surface area contributed by atoms with E-state index in [1.165, 1.54) is 20.4 Å². The standard InChI is InChI=1S/C24H22Cl2N2O4/c1-15-8-9-18(21(10-15)30-2)24(29)28-27-13-16-11-20(26)23(22(12-16)31-3)32-14-17-6-4-5-7-19(17)25/h4-13H,14H2,1-3H3,(H,28,29). The lowest BCUT2D eigenvalue weighted by Crippen LogP contribution is -2.18. The normalized spacial score (nSPS) is 10.8. The third-order valence-electron chi connectivity index (χ3n) is 4.56. The molecule has 0 heterocycles. The van der Waals surface area contributed by atoms with E-state index in [-0.39, 0.29) is 6.61 Å². The average molecular weight is 473 g/mol. The second-order valence-electron chi connectivity index (χ2n) is 6.82. The van der Waals surface area contributed by atoms with Crippen molar-refractivity contribution < 1.29 is 19.0 Å². The van der Waals surface area contributed by atoms with Crippen molar-refractivity contribution in [1.82, 2.24) is 5.43 Å². The van der Waals surface area contributed by atoms with Crippen LogP contribution in [0, 0.1) is 6.92 Å².